The summed E-state index contributed by atoms with van der Waals surface area (Å²) in [4.78, 5) is 26.3. The van der Waals surface area contributed by atoms with Crippen molar-refractivity contribution < 1.29 is 22.7 Å². The molecular weight excluding hydrogens is 444 g/mol. The molecular formula is C23H30N4O5S. The molecule has 2 aromatic carbocycles. The highest BCUT2D eigenvalue weighted by Gasteiger charge is 2.18. The van der Waals surface area contributed by atoms with E-state index in [1.54, 1.807) is 36.4 Å². The smallest absolute Gasteiger partial charge is 0.243 e. The van der Waals surface area contributed by atoms with Crippen molar-refractivity contribution in [1.29, 1.82) is 0 Å². The Bertz CT molecular complexity index is 1030. The third-order valence-corrected chi connectivity index (χ3v) is 6.27. The maximum absolute atomic E-state index is 12.3. The average Bonchev–Trinajstić information content (AvgIpc) is 2.80. The summed E-state index contributed by atoms with van der Waals surface area (Å²) in [5, 5.41) is 4.95. The molecule has 0 radical (unpaired) electrons. The van der Waals surface area contributed by atoms with Gasteiger partial charge in [0.25, 0.3) is 0 Å². The highest BCUT2D eigenvalue weighted by Crippen LogP contribution is 2.22. The summed E-state index contributed by atoms with van der Waals surface area (Å²) in [6.45, 7) is 4.07. The summed E-state index contributed by atoms with van der Waals surface area (Å²) in [5.74, 6) is -1.33. The Hall–Kier alpha value is -3.27. The zero-order valence-electron chi connectivity index (χ0n) is 18.7. The van der Waals surface area contributed by atoms with Gasteiger partial charge in [0, 0.05) is 30.2 Å². The first kappa shape index (κ1) is 24.4. The second-order valence-electron chi connectivity index (χ2n) is 7.74. The quantitative estimate of drug-likeness (QED) is 0.487. The molecule has 2 aromatic rings. The van der Waals surface area contributed by atoms with Crippen molar-refractivity contribution in [1.82, 2.24) is 5.32 Å². The Morgan fingerprint density at radius 1 is 0.909 bits per heavy atom. The van der Waals surface area contributed by atoms with Crippen molar-refractivity contribution in [2.75, 3.05) is 46.9 Å². The molecule has 2 amide bonds. The van der Waals surface area contributed by atoms with Crippen molar-refractivity contribution in [2.24, 2.45) is 0 Å². The van der Waals surface area contributed by atoms with E-state index < -0.39 is 27.6 Å². The Labute approximate surface area is 194 Å². The van der Waals surface area contributed by atoms with E-state index in [-0.39, 0.29) is 6.54 Å². The molecule has 0 unspecified atom stereocenters. The summed E-state index contributed by atoms with van der Waals surface area (Å²) in [6, 6.07) is 13.9. The minimum atomic E-state index is -3.91. The minimum absolute atomic E-state index is 0.341. The van der Waals surface area contributed by atoms with Gasteiger partial charge in [-0.05, 0) is 74.7 Å². The Kier molecular flexibility index (Phi) is 8.53. The number of nitrogens with zero attached hydrogens (tertiary/aromatic N) is 1. The molecule has 178 valence electrons. The van der Waals surface area contributed by atoms with E-state index in [0.717, 1.165) is 31.6 Å². The van der Waals surface area contributed by atoms with E-state index in [4.69, 9.17) is 4.74 Å². The topological polar surface area (TPSA) is 117 Å². The maximum atomic E-state index is 12.3. The number of amides is 2. The van der Waals surface area contributed by atoms with Gasteiger partial charge in [-0.3, -0.25) is 14.3 Å². The van der Waals surface area contributed by atoms with Gasteiger partial charge in [0.15, 0.2) is 0 Å². The second-order valence-corrected chi connectivity index (χ2v) is 9.46. The van der Waals surface area contributed by atoms with Gasteiger partial charge in [0.1, 0.15) is 11.5 Å². The van der Waals surface area contributed by atoms with Crippen molar-refractivity contribution in [3.63, 3.8) is 0 Å². The van der Waals surface area contributed by atoms with Crippen LogP contribution in [0.2, 0.25) is 0 Å². The van der Waals surface area contributed by atoms with Crippen molar-refractivity contribution >= 4 is 38.9 Å². The molecule has 9 nitrogen and oxygen atoms in total. The molecule has 0 atom stereocenters. The van der Waals surface area contributed by atoms with Gasteiger partial charge in [-0.1, -0.05) is 0 Å². The molecule has 1 aliphatic rings. The van der Waals surface area contributed by atoms with Gasteiger partial charge >= 0.3 is 0 Å². The van der Waals surface area contributed by atoms with Crippen LogP contribution in [0.3, 0.4) is 0 Å². The molecule has 0 aliphatic carbocycles. The fraction of sp³-hybridized carbons (Fsp3) is 0.391. The van der Waals surface area contributed by atoms with Crippen LogP contribution in [0.25, 0.3) is 0 Å². The fourth-order valence-corrected chi connectivity index (χ4v) is 4.53. The SMILES string of the molecule is CCOc1ccc(NC(=O)CNC(=O)CS(=O)(=O)Nc2ccc(N3CCCCC3)cc2)cc1. The maximum Gasteiger partial charge on any atom is 0.243 e. The van der Waals surface area contributed by atoms with Crippen molar-refractivity contribution in [3.8, 4) is 5.75 Å². The highest BCUT2D eigenvalue weighted by atomic mass is 32.2. The number of sulfonamides is 1. The lowest BCUT2D eigenvalue weighted by atomic mass is 10.1. The van der Waals surface area contributed by atoms with Gasteiger partial charge in [0.05, 0.1) is 13.2 Å². The molecule has 33 heavy (non-hydrogen) atoms. The van der Waals surface area contributed by atoms with Gasteiger partial charge in [-0.25, -0.2) is 8.42 Å². The van der Waals surface area contributed by atoms with E-state index >= 15 is 0 Å². The largest absolute Gasteiger partial charge is 0.494 e. The van der Waals surface area contributed by atoms with E-state index in [9.17, 15) is 18.0 Å². The minimum Gasteiger partial charge on any atom is -0.494 e. The van der Waals surface area contributed by atoms with Crippen LogP contribution >= 0.6 is 0 Å². The van der Waals surface area contributed by atoms with Crippen LogP contribution in [0.4, 0.5) is 17.1 Å². The number of anilines is 3. The number of rotatable bonds is 10. The lowest BCUT2D eigenvalue weighted by molar-refractivity contribution is -0.122. The van der Waals surface area contributed by atoms with Crippen LogP contribution in [-0.4, -0.2) is 52.2 Å². The number of hydrogen-bond donors (Lipinski definition) is 3. The number of piperidine rings is 1. The van der Waals surface area contributed by atoms with Crippen LogP contribution in [0.5, 0.6) is 5.75 Å². The lowest BCUT2D eigenvalue weighted by Gasteiger charge is -2.28. The molecule has 1 saturated heterocycles. The van der Waals surface area contributed by atoms with Crippen molar-refractivity contribution in [2.45, 2.75) is 26.2 Å². The van der Waals surface area contributed by atoms with Crippen LogP contribution in [0.15, 0.2) is 48.5 Å². The molecule has 0 bridgehead atoms. The fourth-order valence-electron chi connectivity index (χ4n) is 3.52. The number of carbonyl (C=O) groups is 2. The van der Waals surface area contributed by atoms with E-state index in [1.807, 2.05) is 19.1 Å². The van der Waals surface area contributed by atoms with Gasteiger partial charge in [0.2, 0.25) is 21.8 Å². The Morgan fingerprint density at radius 2 is 1.55 bits per heavy atom. The number of nitrogens with one attached hydrogen (secondary N) is 3. The Morgan fingerprint density at radius 3 is 2.18 bits per heavy atom. The second kappa shape index (κ2) is 11.6. The third-order valence-electron chi connectivity index (χ3n) is 5.08. The Balaban J connectivity index is 1.43. The molecule has 0 spiro atoms. The van der Waals surface area contributed by atoms with Crippen LogP contribution in [0.1, 0.15) is 26.2 Å². The predicted molar refractivity (Wildman–Crippen MR) is 129 cm³/mol. The van der Waals surface area contributed by atoms with E-state index in [2.05, 4.69) is 20.3 Å². The van der Waals surface area contributed by atoms with E-state index in [1.165, 1.54) is 6.42 Å². The number of benzene rings is 2. The van der Waals surface area contributed by atoms with Crippen LogP contribution in [-0.2, 0) is 19.6 Å². The first-order valence-electron chi connectivity index (χ1n) is 11.0. The molecule has 10 heteroatoms. The standard InChI is InChI=1S/C23H30N4O5S/c1-2-32-21-12-8-18(9-13-21)25-22(28)16-24-23(29)17-33(30,31)26-19-6-10-20(11-7-19)27-14-4-3-5-15-27/h6-13,26H,2-5,14-17H2,1H3,(H,24,29)(H,25,28). The molecule has 1 fully saturated rings. The number of carbonyl (C=O) groups excluding carboxylic acids is 2. The zero-order valence-corrected chi connectivity index (χ0v) is 19.5. The summed E-state index contributed by atoms with van der Waals surface area (Å²) in [7, 11) is -3.91. The number of ether oxygens (including phenoxy) is 1. The van der Waals surface area contributed by atoms with Crippen LogP contribution < -0.4 is 25.0 Å². The summed E-state index contributed by atoms with van der Waals surface area (Å²) in [6.07, 6.45) is 3.54. The predicted octanol–water partition coefficient (Wildman–Crippen LogP) is 2.57. The summed E-state index contributed by atoms with van der Waals surface area (Å²) in [5.41, 5.74) is 1.98. The monoisotopic (exact) mass is 474 g/mol. The first-order valence-corrected chi connectivity index (χ1v) is 12.6. The van der Waals surface area contributed by atoms with Crippen molar-refractivity contribution in [3.05, 3.63) is 48.5 Å². The summed E-state index contributed by atoms with van der Waals surface area (Å²) < 4.78 is 32.4. The first-order chi connectivity index (χ1) is 15.8. The highest BCUT2D eigenvalue weighted by molar-refractivity contribution is 7.93. The lowest BCUT2D eigenvalue weighted by Crippen LogP contribution is -2.37. The zero-order chi connectivity index (χ0) is 23.7. The van der Waals surface area contributed by atoms with Crippen LogP contribution in [0, 0.1) is 0 Å². The molecule has 0 aromatic heterocycles. The number of hydrogen-bond acceptors (Lipinski definition) is 6. The molecule has 1 aliphatic heterocycles. The molecule has 3 rings (SSSR count). The normalized spacial score (nSPS) is 13.8. The average molecular weight is 475 g/mol. The molecule has 1 heterocycles. The molecule has 3 N–H and O–H groups in total. The summed E-state index contributed by atoms with van der Waals surface area (Å²) >= 11 is 0. The van der Waals surface area contributed by atoms with Gasteiger partial charge in [-0.2, -0.15) is 0 Å². The van der Waals surface area contributed by atoms with E-state index in [0.29, 0.717) is 23.7 Å². The molecule has 0 saturated carbocycles. The van der Waals surface area contributed by atoms with Gasteiger partial charge in [-0.15, -0.1) is 0 Å². The third kappa shape index (κ3) is 7.98. The van der Waals surface area contributed by atoms with Gasteiger partial charge < -0.3 is 20.3 Å².